The molecule has 1 saturated heterocycles. The Labute approximate surface area is 124 Å². The molecule has 0 radical (unpaired) electrons. The maximum Gasteiger partial charge on any atom is 0.124 e. The van der Waals surface area contributed by atoms with Crippen molar-refractivity contribution in [1.82, 2.24) is 9.88 Å². The summed E-state index contributed by atoms with van der Waals surface area (Å²) in [6.45, 7) is 1.93. The van der Waals surface area contributed by atoms with Crippen LogP contribution in [0.5, 0.6) is 0 Å². The van der Waals surface area contributed by atoms with Crippen LogP contribution in [0.3, 0.4) is 0 Å². The van der Waals surface area contributed by atoms with Gasteiger partial charge in [-0.25, -0.2) is 4.39 Å². The van der Waals surface area contributed by atoms with Gasteiger partial charge in [0.2, 0.25) is 0 Å². The van der Waals surface area contributed by atoms with E-state index < -0.39 is 0 Å². The first-order valence-electron chi connectivity index (χ1n) is 7.66. The lowest BCUT2D eigenvalue weighted by Crippen LogP contribution is -2.39. The molecule has 1 fully saturated rings. The zero-order valence-corrected chi connectivity index (χ0v) is 12.1. The van der Waals surface area contributed by atoms with Crippen molar-refractivity contribution >= 4 is 10.9 Å². The van der Waals surface area contributed by atoms with E-state index in [-0.39, 0.29) is 12.4 Å². The summed E-state index contributed by atoms with van der Waals surface area (Å²) in [5, 5.41) is 10.1. The van der Waals surface area contributed by atoms with Gasteiger partial charge >= 0.3 is 0 Å². The second kappa shape index (κ2) is 6.50. The van der Waals surface area contributed by atoms with E-state index in [9.17, 15) is 9.50 Å². The molecule has 1 aromatic carbocycles. The Morgan fingerprint density at radius 1 is 1.33 bits per heavy atom. The Bertz CT molecular complexity index is 615. The SMILES string of the molecule is OCCC1CCCCN1Cc1cc(F)cc2cccnc12. The number of pyridine rings is 1. The molecule has 3 rings (SSSR count). The number of hydrogen-bond acceptors (Lipinski definition) is 3. The van der Waals surface area contributed by atoms with Crippen molar-refractivity contribution in [3.05, 3.63) is 41.8 Å². The maximum absolute atomic E-state index is 13.8. The van der Waals surface area contributed by atoms with Crippen LogP contribution in [0.1, 0.15) is 31.2 Å². The average Bonchev–Trinajstić information content (AvgIpc) is 2.49. The molecule has 112 valence electrons. The first-order chi connectivity index (χ1) is 10.3. The number of piperidine rings is 1. The molecule has 21 heavy (non-hydrogen) atoms. The largest absolute Gasteiger partial charge is 0.396 e. The van der Waals surface area contributed by atoms with E-state index in [0.717, 1.165) is 35.9 Å². The highest BCUT2D eigenvalue weighted by atomic mass is 19.1. The molecular weight excluding hydrogens is 267 g/mol. The number of fused-ring (bicyclic) bond motifs is 1. The van der Waals surface area contributed by atoms with Crippen molar-refractivity contribution in [2.45, 2.75) is 38.3 Å². The summed E-state index contributed by atoms with van der Waals surface area (Å²) in [6.07, 6.45) is 6.04. The lowest BCUT2D eigenvalue weighted by atomic mass is 9.98. The van der Waals surface area contributed by atoms with Gasteiger partial charge in [0, 0.05) is 30.8 Å². The Morgan fingerprint density at radius 2 is 2.24 bits per heavy atom. The fourth-order valence-electron chi connectivity index (χ4n) is 3.31. The van der Waals surface area contributed by atoms with Crippen LogP contribution in [0.2, 0.25) is 0 Å². The summed E-state index contributed by atoms with van der Waals surface area (Å²) in [6, 6.07) is 7.26. The van der Waals surface area contributed by atoms with Crippen molar-refractivity contribution < 1.29 is 9.50 Å². The monoisotopic (exact) mass is 288 g/mol. The lowest BCUT2D eigenvalue weighted by molar-refractivity contribution is 0.113. The molecule has 0 bridgehead atoms. The van der Waals surface area contributed by atoms with Crippen LogP contribution in [0.4, 0.5) is 4.39 Å². The van der Waals surface area contributed by atoms with Gasteiger partial charge < -0.3 is 5.11 Å². The minimum Gasteiger partial charge on any atom is -0.396 e. The van der Waals surface area contributed by atoms with E-state index in [1.807, 2.05) is 12.1 Å². The Hall–Kier alpha value is -1.52. The zero-order valence-electron chi connectivity index (χ0n) is 12.1. The second-order valence-corrected chi connectivity index (χ2v) is 5.77. The Morgan fingerprint density at radius 3 is 3.10 bits per heavy atom. The van der Waals surface area contributed by atoms with Crippen LogP contribution in [-0.4, -0.2) is 34.2 Å². The second-order valence-electron chi connectivity index (χ2n) is 5.77. The number of aromatic nitrogens is 1. The number of aliphatic hydroxyl groups excluding tert-OH is 1. The normalized spacial score (nSPS) is 20.0. The van der Waals surface area contributed by atoms with Gasteiger partial charge in [-0.05, 0) is 49.6 Å². The van der Waals surface area contributed by atoms with Crippen molar-refractivity contribution in [3.8, 4) is 0 Å². The smallest absolute Gasteiger partial charge is 0.124 e. The van der Waals surface area contributed by atoms with E-state index in [2.05, 4.69) is 9.88 Å². The molecule has 1 aromatic heterocycles. The molecule has 1 atom stereocenters. The van der Waals surface area contributed by atoms with E-state index in [1.165, 1.54) is 18.9 Å². The topological polar surface area (TPSA) is 36.4 Å². The Balaban J connectivity index is 1.89. The average molecular weight is 288 g/mol. The highest BCUT2D eigenvalue weighted by Gasteiger charge is 2.22. The molecule has 3 nitrogen and oxygen atoms in total. The minimum absolute atomic E-state index is 0.207. The van der Waals surface area contributed by atoms with Gasteiger partial charge in [0.15, 0.2) is 0 Å². The molecule has 1 aliphatic heterocycles. The minimum atomic E-state index is -0.207. The number of benzene rings is 1. The van der Waals surface area contributed by atoms with Crippen LogP contribution in [-0.2, 0) is 6.54 Å². The van der Waals surface area contributed by atoms with Crippen molar-refractivity contribution in [1.29, 1.82) is 0 Å². The maximum atomic E-state index is 13.8. The zero-order chi connectivity index (χ0) is 14.7. The molecule has 2 aromatic rings. The molecule has 1 aliphatic rings. The first-order valence-corrected chi connectivity index (χ1v) is 7.66. The van der Waals surface area contributed by atoms with Crippen LogP contribution in [0.25, 0.3) is 10.9 Å². The van der Waals surface area contributed by atoms with Crippen LogP contribution >= 0.6 is 0 Å². The van der Waals surface area contributed by atoms with Crippen LogP contribution in [0, 0.1) is 5.82 Å². The Kier molecular flexibility index (Phi) is 4.46. The predicted octanol–water partition coefficient (Wildman–Crippen LogP) is 3.11. The van der Waals surface area contributed by atoms with Gasteiger partial charge in [-0.2, -0.15) is 0 Å². The van der Waals surface area contributed by atoms with E-state index >= 15 is 0 Å². The standard InChI is InChI=1S/C17H21FN2O/c18-15-10-13-4-3-7-19-17(13)14(11-15)12-20-8-2-1-5-16(20)6-9-21/h3-4,7,10-11,16,21H,1-2,5-6,8-9,12H2. The predicted molar refractivity (Wildman–Crippen MR) is 81.5 cm³/mol. The summed E-state index contributed by atoms with van der Waals surface area (Å²) in [4.78, 5) is 6.78. The van der Waals surface area contributed by atoms with E-state index in [1.54, 1.807) is 12.3 Å². The quantitative estimate of drug-likeness (QED) is 0.939. The van der Waals surface area contributed by atoms with Crippen LogP contribution < -0.4 is 0 Å². The van der Waals surface area contributed by atoms with E-state index in [4.69, 9.17) is 0 Å². The first kappa shape index (κ1) is 14.4. The number of hydrogen-bond donors (Lipinski definition) is 1. The molecule has 2 heterocycles. The van der Waals surface area contributed by atoms with Gasteiger partial charge in [0.25, 0.3) is 0 Å². The third kappa shape index (κ3) is 3.22. The van der Waals surface area contributed by atoms with Gasteiger partial charge in [-0.3, -0.25) is 9.88 Å². The van der Waals surface area contributed by atoms with Crippen molar-refractivity contribution in [2.75, 3.05) is 13.2 Å². The van der Waals surface area contributed by atoms with Crippen molar-refractivity contribution in [3.63, 3.8) is 0 Å². The summed E-state index contributed by atoms with van der Waals surface area (Å²) in [5.74, 6) is -0.207. The molecule has 0 spiro atoms. The lowest BCUT2D eigenvalue weighted by Gasteiger charge is -2.35. The molecule has 1 N–H and O–H groups in total. The molecule has 0 amide bonds. The van der Waals surface area contributed by atoms with Crippen molar-refractivity contribution in [2.24, 2.45) is 0 Å². The van der Waals surface area contributed by atoms with E-state index in [0.29, 0.717) is 12.6 Å². The third-order valence-electron chi connectivity index (χ3n) is 4.33. The summed E-state index contributed by atoms with van der Waals surface area (Å²) < 4.78 is 13.8. The molecule has 0 saturated carbocycles. The van der Waals surface area contributed by atoms with Gasteiger partial charge in [0.1, 0.15) is 5.82 Å². The summed E-state index contributed by atoms with van der Waals surface area (Å²) >= 11 is 0. The number of nitrogens with zero attached hydrogens (tertiary/aromatic N) is 2. The van der Waals surface area contributed by atoms with Gasteiger partial charge in [-0.15, -0.1) is 0 Å². The number of rotatable bonds is 4. The number of aliphatic hydroxyl groups is 1. The number of likely N-dealkylation sites (tertiary alicyclic amines) is 1. The van der Waals surface area contributed by atoms with Gasteiger partial charge in [0.05, 0.1) is 5.52 Å². The fourth-order valence-corrected chi connectivity index (χ4v) is 3.31. The molecule has 4 heteroatoms. The van der Waals surface area contributed by atoms with Gasteiger partial charge in [-0.1, -0.05) is 12.5 Å². The highest BCUT2D eigenvalue weighted by Crippen LogP contribution is 2.25. The number of halogens is 1. The summed E-state index contributed by atoms with van der Waals surface area (Å²) in [7, 11) is 0. The highest BCUT2D eigenvalue weighted by molar-refractivity contribution is 5.81. The fraction of sp³-hybridized carbons (Fsp3) is 0.471. The molecule has 0 aliphatic carbocycles. The molecular formula is C17H21FN2O. The molecule has 1 unspecified atom stereocenters. The van der Waals surface area contributed by atoms with Crippen LogP contribution in [0.15, 0.2) is 30.5 Å². The summed E-state index contributed by atoms with van der Waals surface area (Å²) in [5.41, 5.74) is 1.82. The third-order valence-corrected chi connectivity index (χ3v) is 4.33.